The van der Waals surface area contributed by atoms with Crippen molar-refractivity contribution in [2.75, 3.05) is 11.9 Å². The van der Waals surface area contributed by atoms with Crippen LogP contribution in [0.2, 0.25) is 0 Å². The van der Waals surface area contributed by atoms with Crippen molar-refractivity contribution in [3.8, 4) is 0 Å². The van der Waals surface area contributed by atoms with Crippen molar-refractivity contribution in [1.29, 1.82) is 0 Å². The van der Waals surface area contributed by atoms with Crippen molar-refractivity contribution < 1.29 is 9.53 Å². The summed E-state index contributed by atoms with van der Waals surface area (Å²) in [4.78, 5) is 12.3. The van der Waals surface area contributed by atoms with Crippen molar-refractivity contribution in [3.05, 3.63) is 48.3 Å². The van der Waals surface area contributed by atoms with E-state index in [4.69, 9.17) is 4.74 Å². The summed E-state index contributed by atoms with van der Waals surface area (Å²) >= 11 is 0. The molecule has 0 aliphatic carbocycles. The van der Waals surface area contributed by atoms with E-state index < -0.39 is 0 Å². The van der Waals surface area contributed by atoms with Crippen molar-refractivity contribution in [2.45, 2.75) is 45.4 Å². The van der Waals surface area contributed by atoms with Crippen molar-refractivity contribution in [3.63, 3.8) is 0 Å². The highest BCUT2D eigenvalue weighted by Gasteiger charge is 2.25. The van der Waals surface area contributed by atoms with Gasteiger partial charge in [0.25, 0.3) is 0 Å². The summed E-state index contributed by atoms with van der Waals surface area (Å²) in [5.74, 6) is 0.513. The number of hydrogen-bond acceptors (Lipinski definition) is 3. The molecule has 0 bridgehead atoms. The van der Waals surface area contributed by atoms with Gasteiger partial charge in [0.1, 0.15) is 0 Å². The number of ether oxygens (including phenoxy) is 1. The van der Waals surface area contributed by atoms with Crippen LogP contribution < -0.4 is 10.6 Å². The Morgan fingerprint density at radius 3 is 2.92 bits per heavy atom. The zero-order valence-corrected chi connectivity index (χ0v) is 14.8. The Morgan fingerprint density at radius 2 is 2.16 bits per heavy atom. The summed E-state index contributed by atoms with van der Waals surface area (Å²) in [7, 11) is 0. The van der Waals surface area contributed by atoms with Gasteiger partial charge in [-0.25, -0.2) is 4.79 Å². The highest BCUT2D eigenvalue weighted by atomic mass is 16.5. The normalized spacial score (nSPS) is 20.4. The second kappa shape index (κ2) is 8.16. The first-order valence-electron chi connectivity index (χ1n) is 8.86. The summed E-state index contributed by atoms with van der Waals surface area (Å²) in [6.07, 6.45) is 5.18. The Kier molecular flexibility index (Phi) is 5.71. The first-order chi connectivity index (χ1) is 12.1. The smallest absolute Gasteiger partial charge is 0.319 e. The minimum absolute atomic E-state index is 0.0361. The summed E-state index contributed by atoms with van der Waals surface area (Å²) in [6, 6.07) is 10.1. The minimum Gasteiger partial charge on any atom is -0.373 e. The SMILES string of the molecule is CC(C)Cn1cc(NC(=O)NC2CCOC(c3ccccc3)C2)cn1. The van der Waals surface area contributed by atoms with Gasteiger partial charge in [-0.3, -0.25) is 4.68 Å². The third-order valence-corrected chi connectivity index (χ3v) is 4.23. The molecule has 2 heterocycles. The van der Waals surface area contributed by atoms with Crippen LogP contribution in [0.3, 0.4) is 0 Å². The summed E-state index contributed by atoms with van der Waals surface area (Å²) < 4.78 is 7.70. The molecule has 1 aliphatic heterocycles. The maximum atomic E-state index is 12.3. The van der Waals surface area contributed by atoms with E-state index in [9.17, 15) is 4.79 Å². The number of urea groups is 1. The van der Waals surface area contributed by atoms with Gasteiger partial charge in [0.05, 0.1) is 18.0 Å². The third kappa shape index (κ3) is 5.06. The second-order valence-corrected chi connectivity index (χ2v) is 6.93. The fourth-order valence-corrected chi connectivity index (χ4v) is 3.08. The summed E-state index contributed by atoms with van der Waals surface area (Å²) in [5.41, 5.74) is 1.87. The van der Waals surface area contributed by atoms with Crippen molar-refractivity contribution >= 4 is 11.7 Å². The molecular weight excluding hydrogens is 316 g/mol. The van der Waals surface area contributed by atoms with Gasteiger partial charge in [-0.15, -0.1) is 0 Å². The average Bonchev–Trinajstić information content (AvgIpc) is 3.02. The Hall–Kier alpha value is -2.34. The van der Waals surface area contributed by atoms with E-state index >= 15 is 0 Å². The molecule has 134 valence electrons. The number of carbonyl (C=O) groups excluding carboxylic acids is 1. The van der Waals surface area contributed by atoms with Gasteiger partial charge in [0, 0.05) is 25.4 Å². The zero-order chi connectivity index (χ0) is 17.6. The molecule has 2 N–H and O–H groups in total. The molecule has 6 nitrogen and oxygen atoms in total. The first kappa shape index (κ1) is 17.5. The molecule has 1 aromatic heterocycles. The number of hydrogen-bond donors (Lipinski definition) is 2. The Balaban J connectivity index is 1.51. The Bertz CT molecular complexity index is 684. The molecule has 1 saturated heterocycles. The van der Waals surface area contributed by atoms with E-state index in [1.807, 2.05) is 29.1 Å². The maximum absolute atomic E-state index is 12.3. The number of nitrogens with zero attached hydrogens (tertiary/aromatic N) is 2. The fourth-order valence-electron chi connectivity index (χ4n) is 3.08. The van der Waals surface area contributed by atoms with E-state index in [0.717, 1.165) is 24.9 Å². The summed E-state index contributed by atoms with van der Waals surface area (Å²) in [6.45, 7) is 5.75. The summed E-state index contributed by atoms with van der Waals surface area (Å²) in [5, 5.41) is 10.2. The maximum Gasteiger partial charge on any atom is 0.319 e. The highest BCUT2D eigenvalue weighted by molar-refractivity contribution is 5.89. The number of rotatable bonds is 5. The van der Waals surface area contributed by atoms with Crippen LogP contribution in [0.25, 0.3) is 0 Å². The molecule has 1 aliphatic rings. The lowest BCUT2D eigenvalue weighted by Gasteiger charge is -2.30. The molecule has 0 saturated carbocycles. The van der Waals surface area contributed by atoms with Crippen LogP contribution in [0, 0.1) is 5.92 Å². The number of aromatic nitrogens is 2. The van der Waals surface area contributed by atoms with Crippen LogP contribution in [0.15, 0.2) is 42.7 Å². The predicted octanol–water partition coefficient (Wildman–Crippen LogP) is 3.58. The van der Waals surface area contributed by atoms with Crippen LogP contribution in [0.5, 0.6) is 0 Å². The lowest BCUT2D eigenvalue weighted by atomic mass is 9.97. The van der Waals surface area contributed by atoms with E-state index in [2.05, 4.69) is 41.7 Å². The van der Waals surface area contributed by atoms with Crippen LogP contribution >= 0.6 is 0 Å². The largest absolute Gasteiger partial charge is 0.373 e. The lowest BCUT2D eigenvalue weighted by Crippen LogP contribution is -2.41. The van der Waals surface area contributed by atoms with Crippen LogP contribution in [-0.4, -0.2) is 28.5 Å². The highest BCUT2D eigenvalue weighted by Crippen LogP contribution is 2.27. The van der Waals surface area contributed by atoms with Crippen molar-refractivity contribution in [1.82, 2.24) is 15.1 Å². The lowest BCUT2D eigenvalue weighted by molar-refractivity contribution is 0.00254. The molecule has 1 fully saturated rings. The molecule has 2 unspecified atom stereocenters. The van der Waals surface area contributed by atoms with E-state index in [1.165, 1.54) is 0 Å². The predicted molar refractivity (Wildman–Crippen MR) is 97.4 cm³/mol. The molecule has 0 spiro atoms. The molecule has 2 amide bonds. The number of nitrogens with one attached hydrogen (secondary N) is 2. The van der Waals surface area contributed by atoms with Gasteiger partial charge in [-0.2, -0.15) is 5.10 Å². The first-order valence-corrected chi connectivity index (χ1v) is 8.86. The van der Waals surface area contributed by atoms with E-state index in [0.29, 0.717) is 18.2 Å². The van der Waals surface area contributed by atoms with Gasteiger partial charge < -0.3 is 15.4 Å². The monoisotopic (exact) mass is 342 g/mol. The van der Waals surface area contributed by atoms with Gasteiger partial charge in [0.15, 0.2) is 0 Å². The van der Waals surface area contributed by atoms with E-state index in [-0.39, 0.29) is 18.2 Å². The molecule has 1 aromatic carbocycles. The molecule has 6 heteroatoms. The number of amides is 2. The fraction of sp³-hybridized carbons (Fsp3) is 0.474. The second-order valence-electron chi connectivity index (χ2n) is 6.93. The molecule has 2 atom stereocenters. The van der Waals surface area contributed by atoms with Gasteiger partial charge in [0.2, 0.25) is 0 Å². The number of carbonyl (C=O) groups is 1. The average molecular weight is 342 g/mol. The van der Waals surface area contributed by atoms with E-state index in [1.54, 1.807) is 6.20 Å². The zero-order valence-electron chi connectivity index (χ0n) is 14.8. The molecule has 25 heavy (non-hydrogen) atoms. The minimum atomic E-state index is -0.192. The molecule has 2 aromatic rings. The Labute approximate surface area is 148 Å². The van der Waals surface area contributed by atoms with Gasteiger partial charge >= 0.3 is 6.03 Å². The van der Waals surface area contributed by atoms with Crippen LogP contribution in [0.4, 0.5) is 10.5 Å². The molecule has 0 radical (unpaired) electrons. The van der Waals surface area contributed by atoms with Gasteiger partial charge in [-0.05, 0) is 24.3 Å². The quantitative estimate of drug-likeness (QED) is 0.873. The molecule has 3 rings (SSSR count). The standard InChI is InChI=1S/C19H26N4O2/c1-14(2)12-23-13-17(11-20-23)22-19(24)21-16-8-9-25-18(10-16)15-6-4-3-5-7-15/h3-7,11,13-14,16,18H,8-10,12H2,1-2H3,(H2,21,22,24). The van der Waals surface area contributed by atoms with Crippen LogP contribution in [0.1, 0.15) is 38.4 Å². The van der Waals surface area contributed by atoms with Crippen molar-refractivity contribution in [2.24, 2.45) is 5.92 Å². The number of benzene rings is 1. The van der Waals surface area contributed by atoms with Crippen LogP contribution in [-0.2, 0) is 11.3 Å². The number of anilines is 1. The van der Waals surface area contributed by atoms with Gasteiger partial charge in [-0.1, -0.05) is 44.2 Å². The third-order valence-electron chi connectivity index (χ3n) is 4.23. The topological polar surface area (TPSA) is 68.2 Å². The molecular formula is C19H26N4O2. The Morgan fingerprint density at radius 1 is 1.36 bits per heavy atom.